The number of benzene rings is 1. The van der Waals surface area contributed by atoms with E-state index in [1.54, 1.807) is 28.1 Å². The van der Waals surface area contributed by atoms with Crippen molar-refractivity contribution in [3.8, 4) is 11.5 Å². The molecule has 10 heteroatoms. The maximum Gasteiger partial charge on any atom is 0.510 e. The van der Waals surface area contributed by atoms with Gasteiger partial charge in [0.05, 0.1) is 20.3 Å². The monoisotopic (exact) mass is 471 g/mol. The Balaban J connectivity index is 0.000000303. The predicted octanol–water partition coefficient (Wildman–Crippen LogP) is 4.46. The van der Waals surface area contributed by atoms with Crippen molar-refractivity contribution < 1.29 is 37.7 Å². The van der Waals surface area contributed by atoms with Crippen molar-refractivity contribution in [3.63, 3.8) is 0 Å². The number of methoxy groups -OCH3 is 2. The second-order valence-electron chi connectivity index (χ2n) is 7.68. The predicted molar refractivity (Wildman–Crippen MR) is 120 cm³/mol. The molecule has 1 fully saturated rings. The maximum absolute atomic E-state index is 11.1. The molecule has 180 valence electrons. The molecule has 0 bridgehead atoms. The minimum atomic E-state index is -2.11. The van der Waals surface area contributed by atoms with Crippen LogP contribution in [0, 0.1) is 5.92 Å². The van der Waals surface area contributed by atoms with Gasteiger partial charge in [-0.15, -0.1) is 0 Å². The van der Waals surface area contributed by atoms with Crippen LogP contribution < -0.4 is 9.47 Å². The molecule has 0 amide bonds. The van der Waals surface area contributed by atoms with E-state index < -0.39 is 21.6 Å². The molecule has 1 aromatic rings. The molecule has 1 aliphatic heterocycles. The molecule has 3 rings (SSSR count). The van der Waals surface area contributed by atoms with Crippen LogP contribution in [0.25, 0.3) is 0 Å². The number of likely N-dealkylation sites (N-methyl/N-ethyl adjacent to an activating group) is 1. The Kier molecular flexibility index (Phi) is 11.0. The number of hydrogen-bond acceptors (Lipinski definition) is 9. The van der Waals surface area contributed by atoms with E-state index in [-0.39, 0.29) is 6.10 Å². The maximum atomic E-state index is 11.1. The van der Waals surface area contributed by atoms with Gasteiger partial charge in [0.1, 0.15) is 5.76 Å². The van der Waals surface area contributed by atoms with Crippen molar-refractivity contribution in [3.05, 3.63) is 36.1 Å². The van der Waals surface area contributed by atoms with Crippen LogP contribution in [0.4, 0.5) is 4.79 Å². The first kappa shape index (κ1) is 26.2. The fraction of sp³-hybridized carbons (Fsp3) is 0.591. The van der Waals surface area contributed by atoms with E-state index in [0.717, 1.165) is 36.6 Å². The lowest BCUT2D eigenvalue weighted by molar-refractivity contribution is -0.0121. The van der Waals surface area contributed by atoms with Crippen molar-refractivity contribution >= 4 is 14.8 Å². The number of carbonyl (C=O) groups is 1. The zero-order valence-corrected chi connectivity index (χ0v) is 20.2. The van der Waals surface area contributed by atoms with Crippen LogP contribution in [0.1, 0.15) is 33.1 Å². The van der Waals surface area contributed by atoms with Gasteiger partial charge in [0.2, 0.25) is 6.79 Å². The summed E-state index contributed by atoms with van der Waals surface area (Å²) in [5.74, 6) is 2.96. The molecule has 0 spiro atoms. The number of allylic oxidation sites excluding steroid dienone is 1. The van der Waals surface area contributed by atoms with Gasteiger partial charge in [-0.1, -0.05) is 12.1 Å². The quantitative estimate of drug-likeness (QED) is 0.335. The third-order valence-corrected chi connectivity index (χ3v) is 5.84. The highest BCUT2D eigenvalue weighted by atomic mass is 31.2. The SMILES string of the molecule is CC(C)OC(=O)OCOP(O)OC1=CC2C(CC1)CCN2C.COc1ccccc1OC. The minimum Gasteiger partial charge on any atom is -0.493 e. The van der Waals surface area contributed by atoms with Gasteiger partial charge in [-0.2, -0.15) is 0 Å². The van der Waals surface area contributed by atoms with Crippen LogP contribution in [-0.2, 0) is 18.5 Å². The second kappa shape index (κ2) is 13.5. The van der Waals surface area contributed by atoms with E-state index in [1.807, 2.05) is 24.3 Å². The average molecular weight is 471 g/mol. The summed E-state index contributed by atoms with van der Waals surface area (Å²) in [7, 11) is 3.23. The number of carbonyl (C=O) groups excluding carboxylic acids is 1. The number of rotatable bonds is 8. The summed E-state index contributed by atoms with van der Waals surface area (Å²) in [6.07, 6.45) is 4.04. The molecule has 2 aliphatic rings. The minimum absolute atomic E-state index is 0.261. The molecule has 1 aromatic carbocycles. The van der Waals surface area contributed by atoms with E-state index in [0.29, 0.717) is 12.0 Å². The van der Waals surface area contributed by atoms with Gasteiger partial charge in [-0.3, -0.25) is 9.42 Å². The van der Waals surface area contributed by atoms with Gasteiger partial charge >= 0.3 is 14.8 Å². The summed E-state index contributed by atoms with van der Waals surface area (Å²) in [6.45, 7) is 4.13. The smallest absolute Gasteiger partial charge is 0.493 e. The summed E-state index contributed by atoms with van der Waals surface area (Å²) in [4.78, 5) is 23.2. The Hall–Kier alpha value is -2.06. The summed E-state index contributed by atoms with van der Waals surface area (Å²) in [6, 6.07) is 7.91. The molecule has 32 heavy (non-hydrogen) atoms. The van der Waals surface area contributed by atoms with Gasteiger partial charge in [0.15, 0.2) is 11.5 Å². The fourth-order valence-electron chi connectivity index (χ4n) is 3.57. The van der Waals surface area contributed by atoms with Crippen molar-refractivity contribution in [2.75, 3.05) is 34.6 Å². The van der Waals surface area contributed by atoms with E-state index in [2.05, 4.69) is 22.8 Å². The molecular weight excluding hydrogens is 437 g/mol. The fourth-order valence-corrected chi connectivity index (χ4v) is 4.11. The van der Waals surface area contributed by atoms with Gasteiger partial charge in [0.25, 0.3) is 0 Å². The molecule has 1 saturated heterocycles. The third-order valence-electron chi connectivity index (χ3n) is 5.12. The van der Waals surface area contributed by atoms with Crippen LogP contribution in [-0.4, -0.2) is 62.7 Å². The number of fused-ring (bicyclic) bond motifs is 1. The lowest BCUT2D eigenvalue weighted by Crippen LogP contribution is -2.30. The van der Waals surface area contributed by atoms with E-state index in [9.17, 15) is 9.69 Å². The van der Waals surface area contributed by atoms with Crippen molar-refractivity contribution in [2.24, 2.45) is 5.92 Å². The van der Waals surface area contributed by atoms with Crippen LogP contribution >= 0.6 is 8.60 Å². The molecular formula is C22H34NO8P. The molecule has 1 heterocycles. The molecule has 3 atom stereocenters. The Labute approximate surface area is 191 Å². The number of likely N-dealkylation sites (tertiary alicyclic amines) is 1. The van der Waals surface area contributed by atoms with Crippen LogP contribution in [0.5, 0.6) is 11.5 Å². The topological polar surface area (TPSA) is 95.9 Å². The molecule has 0 aromatic heterocycles. The Morgan fingerprint density at radius 1 is 1.19 bits per heavy atom. The standard InChI is InChI=1S/C14H24NO6P.C8H10O2/c1-10(2)20-14(16)18-9-19-22(17)21-12-5-4-11-6-7-15(3)13(11)8-12;1-9-7-5-3-4-6-8(7)10-2/h8,10-11,13,17H,4-7,9H2,1-3H3;3-6H,1-2H3. The summed E-state index contributed by atoms with van der Waals surface area (Å²) in [5, 5.41) is 0. The van der Waals surface area contributed by atoms with Crippen LogP contribution in [0.15, 0.2) is 36.1 Å². The third kappa shape index (κ3) is 8.47. The van der Waals surface area contributed by atoms with E-state index >= 15 is 0 Å². The van der Waals surface area contributed by atoms with Crippen LogP contribution in [0.3, 0.4) is 0 Å². The van der Waals surface area contributed by atoms with Gasteiger partial charge in [0, 0.05) is 12.5 Å². The largest absolute Gasteiger partial charge is 0.510 e. The summed E-state index contributed by atoms with van der Waals surface area (Å²) < 4.78 is 29.8. The highest BCUT2D eigenvalue weighted by Gasteiger charge is 2.34. The molecule has 3 unspecified atom stereocenters. The highest BCUT2D eigenvalue weighted by molar-refractivity contribution is 7.40. The average Bonchev–Trinajstić information content (AvgIpc) is 3.13. The lowest BCUT2D eigenvalue weighted by atomic mass is 9.89. The zero-order chi connectivity index (χ0) is 23.5. The Morgan fingerprint density at radius 3 is 2.44 bits per heavy atom. The van der Waals surface area contributed by atoms with Gasteiger partial charge in [-0.05, 0) is 64.4 Å². The Bertz CT molecular complexity index is 721. The summed E-state index contributed by atoms with van der Waals surface area (Å²) in [5.41, 5.74) is 0. The second-order valence-corrected chi connectivity index (χ2v) is 8.60. The summed E-state index contributed by atoms with van der Waals surface area (Å²) >= 11 is 0. The first-order valence-electron chi connectivity index (χ1n) is 10.5. The van der Waals surface area contributed by atoms with Gasteiger partial charge in [-0.25, -0.2) is 4.79 Å². The number of nitrogens with zero attached hydrogens (tertiary/aromatic N) is 1. The normalized spacial score (nSPS) is 20.9. The first-order chi connectivity index (χ1) is 15.3. The molecule has 0 saturated carbocycles. The molecule has 1 N–H and O–H groups in total. The molecule has 0 radical (unpaired) electrons. The van der Waals surface area contributed by atoms with E-state index in [1.165, 1.54) is 6.42 Å². The zero-order valence-electron chi connectivity index (χ0n) is 19.4. The van der Waals surface area contributed by atoms with Gasteiger partial charge < -0.3 is 28.4 Å². The lowest BCUT2D eigenvalue weighted by Gasteiger charge is -2.28. The van der Waals surface area contributed by atoms with E-state index in [4.69, 9.17) is 23.3 Å². The number of hydrogen-bond donors (Lipinski definition) is 1. The van der Waals surface area contributed by atoms with Crippen molar-refractivity contribution in [1.29, 1.82) is 0 Å². The molecule has 9 nitrogen and oxygen atoms in total. The number of ether oxygens (including phenoxy) is 4. The first-order valence-corrected chi connectivity index (χ1v) is 11.7. The van der Waals surface area contributed by atoms with Crippen molar-refractivity contribution in [2.45, 2.75) is 45.3 Å². The highest BCUT2D eigenvalue weighted by Crippen LogP contribution is 2.41. The van der Waals surface area contributed by atoms with Crippen molar-refractivity contribution in [1.82, 2.24) is 4.90 Å². The molecule has 1 aliphatic carbocycles. The number of para-hydroxylation sites is 2. The van der Waals surface area contributed by atoms with Crippen LogP contribution in [0.2, 0.25) is 0 Å². The Morgan fingerprint density at radius 2 is 1.84 bits per heavy atom.